The fourth-order valence-electron chi connectivity index (χ4n) is 1.04. The molecular formula is C9H14N2O4S2. The normalized spacial score (nSPS) is 12.3. The van der Waals surface area contributed by atoms with E-state index in [1.54, 1.807) is 12.1 Å². The van der Waals surface area contributed by atoms with Crippen molar-refractivity contribution >= 4 is 31.2 Å². The van der Waals surface area contributed by atoms with E-state index >= 15 is 0 Å². The van der Waals surface area contributed by atoms with Gasteiger partial charge in [-0.25, -0.2) is 16.8 Å². The first-order valence-corrected chi connectivity index (χ1v) is 8.43. The Labute approximate surface area is 101 Å². The number of hydrogen-bond donors (Lipinski definition) is 2. The van der Waals surface area contributed by atoms with Crippen LogP contribution in [0.25, 0.3) is 0 Å². The molecule has 1 rings (SSSR count). The predicted molar refractivity (Wildman–Crippen MR) is 68.0 cm³/mol. The van der Waals surface area contributed by atoms with Crippen LogP contribution in [0.15, 0.2) is 24.3 Å². The topological polar surface area (TPSA) is 106 Å². The lowest BCUT2D eigenvalue weighted by molar-refractivity contribution is 0.593. The number of benzene rings is 1. The lowest BCUT2D eigenvalue weighted by atomic mass is 10.3. The fourth-order valence-corrected chi connectivity index (χ4v) is 3.73. The summed E-state index contributed by atoms with van der Waals surface area (Å²) in [5.41, 5.74) is 6.32. The van der Waals surface area contributed by atoms with Crippen molar-refractivity contribution in [3.05, 3.63) is 24.3 Å². The van der Waals surface area contributed by atoms with Crippen molar-refractivity contribution in [2.75, 3.05) is 28.2 Å². The highest BCUT2D eigenvalue weighted by atomic mass is 32.2. The molecule has 0 saturated carbocycles. The van der Waals surface area contributed by atoms with Crippen LogP contribution in [0.1, 0.15) is 0 Å². The number of sulfonamides is 1. The van der Waals surface area contributed by atoms with Crippen molar-refractivity contribution < 1.29 is 16.8 Å². The molecule has 0 bridgehead atoms. The highest BCUT2D eigenvalue weighted by molar-refractivity contribution is 7.95. The Morgan fingerprint density at radius 3 is 2.06 bits per heavy atom. The molecule has 6 nitrogen and oxygen atoms in total. The van der Waals surface area contributed by atoms with E-state index in [1.807, 2.05) is 0 Å². The molecule has 0 atom stereocenters. The molecule has 0 spiro atoms. The summed E-state index contributed by atoms with van der Waals surface area (Å²) in [7, 11) is -6.95. The molecule has 0 fully saturated rings. The van der Waals surface area contributed by atoms with Crippen molar-refractivity contribution in [2.24, 2.45) is 0 Å². The number of rotatable bonds is 5. The summed E-state index contributed by atoms with van der Waals surface area (Å²) in [4.78, 5) is 0. The van der Waals surface area contributed by atoms with Gasteiger partial charge in [-0.15, -0.1) is 0 Å². The summed E-state index contributed by atoms with van der Waals surface area (Å²) in [5.74, 6) is -0.868. The van der Waals surface area contributed by atoms with Crippen LogP contribution in [0, 0.1) is 0 Å². The molecule has 0 aliphatic carbocycles. The second-order valence-electron chi connectivity index (χ2n) is 3.67. The summed E-state index contributed by atoms with van der Waals surface area (Å²) in [6.07, 6.45) is 0.992. The van der Waals surface area contributed by atoms with Gasteiger partial charge in [-0.05, 0) is 24.3 Å². The van der Waals surface area contributed by atoms with Crippen LogP contribution < -0.4 is 10.5 Å². The van der Waals surface area contributed by atoms with Crippen molar-refractivity contribution in [1.82, 2.24) is 0 Å². The third kappa shape index (κ3) is 5.55. The minimum atomic E-state index is -3.65. The van der Waals surface area contributed by atoms with E-state index in [9.17, 15) is 16.8 Å². The smallest absolute Gasteiger partial charge is 0.233 e. The molecule has 0 amide bonds. The van der Waals surface area contributed by atoms with Gasteiger partial charge < -0.3 is 5.73 Å². The zero-order chi connectivity index (χ0) is 13.1. The Morgan fingerprint density at radius 1 is 1.06 bits per heavy atom. The lowest BCUT2D eigenvalue weighted by Crippen LogP contribution is -2.22. The molecule has 0 heterocycles. The molecule has 1 aromatic carbocycles. The minimum absolute atomic E-state index is 0.354. The summed E-state index contributed by atoms with van der Waals surface area (Å²) in [5, 5.41) is 0. The van der Waals surface area contributed by atoms with E-state index < -0.39 is 31.4 Å². The van der Waals surface area contributed by atoms with E-state index in [2.05, 4.69) is 4.72 Å². The molecule has 1 aromatic rings. The van der Waals surface area contributed by atoms with E-state index in [0.29, 0.717) is 11.4 Å². The van der Waals surface area contributed by atoms with E-state index in [-0.39, 0.29) is 0 Å². The molecule has 0 unspecified atom stereocenters. The molecule has 0 radical (unpaired) electrons. The maximum Gasteiger partial charge on any atom is 0.233 e. The first-order valence-electron chi connectivity index (χ1n) is 4.72. The largest absolute Gasteiger partial charge is 0.399 e. The number of hydrogen-bond acceptors (Lipinski definition) is 5. The molecule has 3 N–H and O–H groups in total. The van der Waals surface area contributed by atoms with Crippen molar-refractivity contribution in [3.63, 3.8) is 0 Å². The van der Waals surface area contributed by atoms with E-state index in [1.165, 1.54) is 12.1 Å². The summed E-state index contributed by atoms with van der Waals surface area (Å²) in [6, 6.07) is 6.11. The zero-order valence-electron chi connectivity index (χ0n) is 9.25. The van der Waals surface area contributed by atoms with Gasteiger partial charge in [-0.3, -0.25) is 4.72 Å². The molecule has 8 heteroatoms. The molecule has 0 saturated heterocycles. The Bertz CT molecular complexity index is 576. The van der Waals surface area contributed by atoms with Gasteiger partial charge in [-0.2, -0.15) is 0 Å². The van der Waals surface area contributed by atoms with Gasteiger partial charge in [0.2, 0.25) is 10.0 Å². The van der Waals surface area contributed by atoms with Gasteiger partial charge in [0.25, 0.3) is 0 Å². The average molecular weight is 278 g/mol. The highest BCUT2D eigenvalue weighted by Crippen LogP contribution is 2.12. The van der Waals surface area contributed by atoms with Crippen LogP contribution in [0.5, 0.6) is 0 Å². The van der Waals surface area contributed by atoms with Gasteiger partial charge in [-0.1, -0.05) is 0 Å². The molecule has 0 aliphatic heterocycles. The van der Waals surface area contributed by atoms with Gasteiger partial charge >= 0.3 is 0 Å². The van der Waals surface area contributed by atoms with E-state index in [0.717, 1.165) is 6.26 Å². The summed E-state index contributed by atoms with van der Waals surface area (Å²) < 4.78 is 47.1. The van der Waals surface area contributed by atoms with Crippen molar-refractivity contribution in [2.45, 2.75) is 0 Å². The number of nitrogens with two attached hydrogens (primary N) is 1. The number of nitrogen functional groups attached to an aromatic ring is 1. The van der Waals surface area contributed by atoms with Gasteiger partial charge in [0, 0.05) is 17.6 Å². The predicted octanol–water partition coefficient (Wildman–Crippen LogP) is 0.0551. The second kappa shape index (κ2) is 4.92. The SMILES string of the molecule is CS(=O)(=O)CCS(=O)(=O)Nc1ccc(N)cc1. The van der Waals surface area contributed by atoms with Crippen LogP contribution >= 0.6 is 0 Å². The van der Waals surface area contributed by atoms with Crippen LogP contribution in [-0.4, -0.2) is 34.6 Å². The highest BCUT2D eigenvalue weighted by Gasteiger charge is 2.14. The molecular weight excluding hydrogens is 264 g/mol. The van der Waals surface area contributed by atoms with Crippen LogP contribution in [0.4, 0.5) is 11.4 Å². The fraction of sp³-hybridized carbons (Fsp3) is 0.333. The first-order chi connectivity index (χ1) is 7.68. The zero-order valence-corrected chi connectivity index (χ0v) is 10.9. The quantitative estimate of drug-likeness (QED) is 0.740. The Morgan fingerprint density at radius 2 is 1.59 bits per heavy atom. The van der Waals surface area contributed by atoms with Crippen LogP contribution in [0.3, 0.4) is 0 Å². The summed E-state index contributed by atoms with van der Waals surface area (Å²) >= 11 is 0. The van der Waals surface area contributed by atoms with Crippen molar-refractivity contribution in [3.8, 4) is 0 Å². The average Bonchev–Trinajstić information content (AvgIpc) is 2.18. The third-order valence-corrected chi connectivity index (χ3v) is 4.40. The number of anilines is 2. The second-order valence-corrected chi connectivity index (χ2v) is 7.77. The van der Waals surface area contributed by atoms with E-state index in [4.69, 9.17) is 5.73 Å². The molecule has 17 heavy (non-hydrogen) atoms. The van der Waals surface area contributed by atoms with Gasteiger partial charge in [0.1, 0.15) is 9.84 Å². The third-order valence-electron chi connectivity index (χ3n) is 1.91. The lowest BCUT2D eigenvalue weighted by Gasteiger charge is -2.07. The van der Waals surface area contributed by atoms with Gasteiger partial charge in [0.15, 0.2) is 0 Å². The van der Waals surface area contributed by atoms with Crippen molar-refractivity contribution in [1.29, 1.82) is 0 Å². The molecule has 0 aromatic heterocycles. The summed E-state index contributed by atoms with van der Waals surface area (Å²) in [6.45, 7) is 0. The Balaban J connectivity index is 2.70. The van der Waals surface area contributed by atoms with Gasteiger partial charge in [0.05, 0.1) is 11.5 Å². The number of nitrogens with one attached hydrogen (secondary N) is 1. The Hall–Kier alpha value is -1.28. The number of sulfone groups is 1. The molecule has 96 valence electrons. The maximum absolute atomic E-state index is 11.5. The van der Waals surface area contributed by atoms with Crippen LogP contribution in [0.2, 0.25) is 0 Å². The Kier molecular flexibility index (Phi) is 3.99. The maximum atomic E-state index is 11.5. The molecule has 0 aliphatic rings. The standard InChI is InChI=1S/C9H14N2O4S2/c1-16(12,13)6-7-17(14,15)11-9-4-2-8(10)3-5-9/h2-5,11H,6-7,10H2,1H3. The van der Waals surface area contributed by atoms with Crippen LogP contribution in [-0.2, 0) is 19.9 Å². The first kappa shape index (κ1) is 13.8. The monoisotopic (exact) mass is 278 g/mol. The minimum Gasteiger partial charge on any atom is -0.399 e.